The molecule has 1 amide bonds. The highest BCUT2D eigenvalue weighted by Crippen LogP contribution is 2.30. The van der Waals surface area contributed by atoms with Crippen LogP contribution >= 0.6 is 0 Å². The summed E-state index contributed by atoms with van der Waals surface area (Å²) in [6.45, 7) is 7.19. The molecule has 3 heterocycles. The van der Waals surface area contributed by atoms with Gasteiger partial charge in [-0.3, -0.25) is 4.79 Å². The number of anilines is 1. The van der Waals surface area contributed by atoms with Crippen molar-refractivity contribution in [3.05, 3.63) is 40.8 Å². The number of nitrogens with one attached hydrogen (secondary N) is 2. The van der Waals surface area contributed by atoms with Gasteiger partial charge in [-0.05, 0) is 52.7 Å². The zero-order chi connectivity index (χ0) is 22.8. The van der Waals surface area contributed by atoms with E-state index in [1.807, 2.05) is 13.0 Å². The van der Waals surface area contributed by atoms with Crippen LogP contribution in [0, 0.1) is 26.7 Å². The Morgan fingerprint density at radius 1 is 1.26 bits per heavy atom. The van der Waals surface area contributed by atoms with Crippen LogP contribution in [-0.2, 0) is 19.6 Å². The second-order valence-corrected chi connectivity index (χ2v) is 9.53. The Bertz CT molecular complexity index is 1090. The molecule has 168 valence electrons. The zero-order valence-electron chi connectivity index (χ0n) is 18.2. The fourth-order valence-corrected chi connectivity index (χ4v) is 5.81. The van der Waals surface area contributed by atoms with Crippen LogP contribution in [0.25, 0.3) is 0 Å². The first kappa shape index (κ1) is 23.0. The van der Waals surface area contributed by atoms with Gasteiger partial charge in [-0.1, -0.05) is 6.07 Å². The highest BCUT2D eigenvalue weighted by atomic mass is 32.2. The Morgan fingerprint density at radius 3 is 2.68 bits per heavy atom. The van der Waals surface area contributed by atoms with Crippen LogP contribution in [0.1, 0.15) is 47.2 Å². The number of aromatic amines is 1. The summed E-state index contributed by atoms with van der Waals surface area (Å²) in [4.78, 5) is 32.3. The lowest BCUT2D eigenvalue weighted by atomic mass is 9.99. The second kappa shape index (κ2) is 9.19. The first-order chi connectivity index (χ1) is 14.6. The minimum absolute atomic E-state index is 0.0230. The Labute approximate surface area is 182 Å². The van der Waals surface area contributed by atoms with Crippen molar-refractivity contribution < 1.29 is 22.7 Å². The van der Waals surface area contributed by atoms with E-state index in [0.717, 1.165) is 5.69 Å². The summed E-state index contributed by atoms with van der Waals surface area (Å²) < 4.78 is 33.3. The Morgan fingerprint density at radius 2 is 2.00 bits per heavy atom. The number of rotatable bonds is 6. The van der Waals surface area contributed by atoms with E-state index in [1.54, 1.807) is 32.9 Å². The van der Waals surface area contributed by atoms with E-state index in [9.17, 15) is 18.0 Å². The fourth-order valence-electron chi connectivity index (χ4n) is 3.87. The van der Waals surface area contributed by atoms with Crippen LogP contribution in [0.4, 0.5) is 5.82 Å². The largest absolute Gasteiger partial charge is 0.462 e. The van der Waals surface area contributed by atoms with Gasteiger partial charge in [0.1, 0.15) is 16.3 Å². The monoisotopic (exact) mass is 448 g/mol. The first-order valence-corrected chi connectivity index (χ1v) is 11.7. The van der Waals surface area contributed by atoms with Crippen LogP contribution in [0.2, 0.25) is 0 Å². The van der Waals surface area contributed by atoms with E-state index in [0.29, 0.717) is 30.0 Å². The molecule has 1 unspecified atom stereocenters. The van der Waals surface area contributed by atoms with Gasteiger partial charge in [0, 0.05) is 30.2 Å². The van der Waals surface area contributed by atoms with Gasteiger partial charge in [0.05, 0.1) is 12.5 Å². The molecule has 1 saturated heterocycles. The van der Waals surface area contributed by atoms with Gasteiger partial charge in [-0.15, -0.1) is 0 Å². The van der Waals surface area contributed by atoms with E-state index in [4.69, 9.17) is 4.74 Å². The number of aromatic nitrogens is 2. The number of nitrogens with zero attached hydrogens (tertiary/aromatic N) is 2. The summed E-state index contributed by atoms with van der Waals surface area (Å²) in [7, 11) is -4.01. The average Bonchev–Trinajstić information content (AvgIpc) is 3.03. The number of pyridine rings is 1. The molecule has 0 spiro atoms. The maximum atomic E-state index is 13.5. The summed E-state index contributed by atoms with van der Waals surface area (Å²) in [5, 5.41) is 2.77. The number of esters is 1. The van der Waals surface area contributed by atoms with E-state index in [2.05, 4.69) is 15.3 Å². The molecular formula is C21H28N4O5S. The summed E-state index contributed by atoms with van der Waals surface area (Å²) in [6.07, 6.45) is 1.11. The molecular weight excluding hydrogens is 420 g/mol. The summed E-state index contributed by atoms with van der Waals surface area (Å²) in [5.41, 5.74) is 1.60. The van der Waals surface area contributed by atoms with Crippen molar-refractivity contribution in [2.24, 2.45) is 5.92 Å². The highest BCUT2D eigenvalue weighted by Gasteiger charge is 2.38. The smallest absolute Gasteiger partial charge is 0.341 e. The summed E-state index contributed by atoms with van der Waals surface area (Å²) >= 11 is 0. The number of sulfonamides is 1. The van der Waals surface area contributed by atoms with Crippen molar-refractivity contribution >= 4 is 27.7 Å². The van der Waals surface area contributed by atoms with Crippen LogP contribution < -0.4 is 5.32 Å². The molecule has 0 aliphatic carbocycles. The van der Waals surface area contributed by atoms with Gasteiger partial charge >= 0.3 is 5.97 Å². The first-order valence-electron chi connectivity index (χ1n) is 10.3. The lowest BCUT2D eigenvalue weighted by Crippen LogP contribution is -2.44. The van der Waals surface area contributed by atoms with Crippen LogP contribution in [0.5, 0.6) is 0 Å². The van der Waals surface area contributed by atoms with E-state index in [-0.39, 0.29) is 36.1 Å². The van der Waals surface area contributed by atoms with Crippen molar-refractivity contribution in [1.29, 1.82) is 0 Å². The molecule has 0 aromatic carbocycles. The minimum atomic E-state index is -4.01. The zero-order valence-corrected chi connectivity index (χ0v) is 19.0. The third-order valence-corrected chi connectivity index (χ3v) is 7.33. The topological polar surface area (TPSA) is 121 Å². The molecule has 2 aromatic rings. The molecule has 1 aliphatic heterocycles. The second-order valence-electron chi connectivity index (χ2n) is 7.66. The molecule has 2 N–H and O–H groups in total. The lowest BCUT2D eigenvalue weighted by Gasteiger charge is -2.31. The summed E-state index contributed by atoms with van der Waals surface area (Å²) in [5.74, 6) is -1.03. The molecule has 0 radical (unpaired) electrons. The molecule has 9 nitrogen and oxygen atoms in total. The van der Waals surface area contributed by atoms with Gasteiger partial charge in [0.15, 0.2) is 0 Å². The fraction of sp³-hybridized carbons (Fsp3) is 0.476. The molecule has 0 saturated carbocycles. The Hall–Kier alpha value is -2.72. The van der Waals surface area contributed by atoms with Gasteiger partial charge in [0.2, 0.25) is 15.9 Å². The Balaban J connectivity index is 1.84. The molecule has 1 fully saturated rings. The molecule has 0 bridgehead atoms. The number of hydrogen-bond donors (Lipinski definition) is 2. The molecule has 1 aliphatic rings. The van der Waals surface area contributed by atoms with Crippen LogP contribution in [0.3, 0.4) is 0 Å². The van der Waals surface area contributed by atoms with Crippen molar-refractivity contribution in [1.82, 2.24) is 14.3 Å². The molecule has 31 heavy (non-hydrogen) atoms. The third kappa shape index (κ3) is 4.80. The average molecular weight is 449 g/mol. The normalized spacial score (nSPS) is 17.4. The van der Waals surface area contributed by atoms with E-state index in [1.165, 1.54) is 4.31 Å². The van der Waals surface area contributed by atoms with Gasteiger partial charge in [0.25, 0.3) is 0 Å². The summed E-state index contributed by atoms with van der Waals surface area (Å²) in [6, 6.07) is 5.32. The number of H-pyrrole nitrogens is 1. The maximum absolute atomic E-state index is 13.5. The van der Waals surface area contributed by atoms with Crippen LogP contribution in [-0.4, -0.2) is 54.3 Å². The Kier molecular flexibility index (Phi) is 6.80. The number of amides is 1. The van der Waals surface area contributed by atoms with Crippen molar-refractivity contribution in [2.45, 2.75) is 45.4 Å². The van der Waals surface area contributed by atoms with Crippen molar-refractivity contribution in [2.75, 3.05) is 25.0 Å². The number of aryl methyl sites for hydroxylation is 3. The predicted molar refractivity (Wildman–Crippen MR) is 115 cm³/mol. The SMILES string of the molecule is CCOC(=O)c1c(C)[nH]c(C)c1S(=O)(=O)N1CCCC(C(=O)Nc2cccc(C)n2)C1. The third-order valence-electron chi connectivity index (χ3n) is 5.29. The molecule has 3 rings (SSSR count). The van der Waals surface area contributed by atoms with Gasteiger partial charge in [-0.2, -0.15) is 4.31 Å². The van der Waals surface area contributed by atoms with Gasteiger partial charge < -0.3 is 15.0 Å². The number of carbonyl (C=O) groups excluding carboxylic acids is 2. The van der Waals surface area contributed by atoms with Crippen LogP contribution in [0.15, 0.2) is 23.1 Å². The minimum Gasteiger partial charge on any atom is -0.462 e. The predicted octanol–water partition coefficient (Wildman–Crippen LogP) is 2.55. The van der Waals surface area contributed by atoms with Gasteiger partial charge in [-0.25, -0.2) is 18.2 Å². The number of piperidine rings is 1. The van der Waals surface area contributed by atoms with E-state index < -0.39 is 21.9 Å². The number of ether oxygens (including phenoxy) is 1. The highest BCUT2D eigenvalue weighted by molar-refractivity contribution is 7.89. The molecule has 10 heteroatoms. The van der Waals surface area contributed by atoms with Crippen molar-refractivity contribution in [3.63, 3.8) is 0 Å². The van der Waals surface area contributed by atoms with E-state index >= 15 is 0 Å². The maximum Gasteiger partial charge on any atom is 0.341 e. The lowest BCUT2D eigenvalue weighted by molar-refractivity contribution is -0.120. The quantitative estimate of drug-likeness (QED) is 0.655. The number of hydrogen-bond acceptors (Lipinski definition) is 6. The molecule has 2 aromatic heterocycles. The number of carbonyl (C=O) groups is 2. The van der Waals surface area contributed by atoms with Crippen molar-refractivity contribution in [3.8, 4) is 0 Å². The molecule has 1 atom stereocenters. The standard InChI is InChI=1S/C21H28N4O5S/c1-5-30-21(27)18-14(3)23-15(4)19(18)31(28,29)25-11-7-9-16(12-25)20(26)24-17-10-6-8-13(2)22-17/h6,8,10,16,23H,5,7,9,11-12H2,1-4H3,(H,22,24,26).